The molecule has 2 aromatic carbocycles. The summed E-state index contributed by atoms with van der Waals surface area (Å²) in [5, 5.41) is 1.60. The summed E-state index contributed by atoms with van der Waals surface area (Å²) >= 11 is 19.8. The van der Waals surface area contributed by atoms with Crippen molar-refractivity contribution >= 4 is 46.6 Å². The van der Waals surface area contributed by atoms with E-state index in [4.69, 9.17) is 34.8 Å². The van der Waals surface area contributed by atoms with Gasteiger partial charge in [-0.05, 0) is 30.0 Å². The fourth-order valence-electron chi connectivity index (χ4n) is 1.60. The zero-order valence-electron chi connectivity index (χ0n) is 9.01. The molecule has 0 aliphatic carbocycles. The molecule has 0 nitrogen and oxygen atoms in total. The Labute approximate surface area is 120 Å². The van der Waals surface area contributed by atoms with Crippen LogP contribution in [0.25, 0.3) is 11.1 Å². The summed E-state index contributed by atoms with van der Waals surface area (Å²) in [6, 6.07) is 11.5. The third kappa shape index (κ3) is 2.74. The van der Waals surface area contributed by atoms with Crippen LogP contribution in [0.15, 0.2) is 41.3 Å². The predicted molar refractivity (Wildman–Crippen MR) is 78.7 cm³/mol. The van der Waals surface area contributed by atoms with Gasteiger partial charge in [0.2, 0.25) is 0 Å². The predicted octanol–water partition coefficient (Wildman–Crippen LogP) is 6.04. The Morgan fingerprint density at radius 1 is 0.824 bits per heavy atom. The van der Waals surface area contributed by atoms with Crippen molar-refractivity contribution in [2.75, 3.05) is 6.26 Å². The number of hydrogen-bond acceptors (Lipinski definition) is 1. The normalized spacial score (nSPS) is 10.6. The van der Waals surface area contributed by atoms with E-state index in [1.54, 1.807) is 23.9 Å². The van der Waals surface area contributed by atoms with E-state index in [-0.39, 0.29) is 0 Å². The molecule has 88 valence electrons. The minimum atomic E-state index is 0.474. The zero-order chi connectivity index (χ0) is 12.4. The summed E-state index contributed by atoms with van der Waals surface area (Å²) in [4.78, 5) is 1.16. The van der Waals surface area contributed by atoms with Crippen molar-refractivity contribution in [1.29, 1.82) is 0 Å². The summed E-state index contributed by atoms with van der Waals surface area (Å²) in [6.45, 7) is 0. The lowest BCUT2D eigenvalue weighted by Crippen LogP contribution is -1.84. The summed E-state index contributed by atoms with van der Waals surface area (Å²) in [7, 11) is 0. The molecule has 0 atom stereocenters. The summed E-state index contributed by atoms with van der Waals surface area (Å²) < 4.78 is 0. The van der Waals surface area contributed by atoms with Crippen LogP contribution in [-0.4, -0.2) is 6.26 Å². The second kappa shape index (κ2) is 5.53. The average Bonchev–Trinajstić information content (AvgIpc) is 2.34. The third-order valence-corrected chi connectivity index (χ3v) is 4.24. The van der Waals surface area contributed by atoms with Crippen LogP contribution in [0.5, 0.6) is 0 Å². The average molecular weight is 304 g/mol. The summed E-state index contributed by atoms with van der Waals surface area (Å²) in [6.07, 6.45) is 2.03. The molecule has 2 aromatic rings. The third-order valence-electron chi connectivity index (χ3n) is 2.41. The SMILES string of the molecule is CSc1ccccc1-c1cc(Cl)c(Cl)cc1Cl. The molecular formula is C13H9Cl3S. The molecule has 0 saturated carbocycles. The molecule has 17 heavy (non-hydrogen) atoms. The van der Waals surface area contributed by atoms with Crippen molar-refractivity contribution in [3.63, 3.8) is 0 Å². The van der Waals surface area contributed by atoms with Gasteiger partial charge in [0, 0.05) is 10.5 Å². The van der Waals surface area contributed by atoms with Crippen molar-refractivity contribution < 1.29 is 0 Å². The van der Waals surface area contributed by atoms with Crippen LogP contribution in [0.2, 0.25) is 15.1 Å². The van der Waals surface area contributed by atoms with Crippen LogP contribution >= 0.6 is 46.6 Å². The first kappa shape index (κ1) is 13.1. The van der Waals surface area contributed by atoms with Crippen LogP contribution in [-0.2, 0) is 0 Å². The van der Waals surface area contributed by atoms with Gasteiger partial charge in [-0.3, -0.25) is 0 Å². The molecule has 0 amide bonds. The molecule has 4 heteroatoms. The molecule has 0 fully saturated rings. The molecule has 0 saturated heterocycles. The van der Waals surface area contributed by atoms with Gasteiger partial charge in [0.15, 0.2) is 0 Å². The van der Waals surface area contributed by atoms with Crippen LogP contribution in [0.4, 0.5) is 0 Å². The first-order valence-electron chi connectivity index (χ1n) is 4.91. The number of halogens is 3. The molecule has 0 bridgehead atoms. The lowest BCUT2D eigenvalue weighted by Gasteiger charge is -2.10. The fourth-order valence-corrected chi connectivity index (χ4v) is 2.86. The molecule has 0 radical (unpaired) electrons. The van der Waals surface area contributed by atoms with Crippen LogP contribution in [0, 0.1) is 0 Å². The maximum atomic E-state index is 6.21. The van der Waals surface area contributed by atoms with E-state index in [1.807, 2.05) is 24.5 Å². The Kier molecular flexibility index (Phi) is 4.26. The molecule has 0 aromatic heterocycles. The van der Waals surface area contributed by atoms with Gasteiger partial charge in [0.1, 0.15) is 0 Å². The lowest BCUT2D eigenvalue weighted by atomic mass is 10.1. The Morgan fingerprint density at radius 2 is 1.47 bits per heavy atom. The molecule has 0 aliphatic rings. The number of thioether (sulfide) groups is 1. The fraction of sp³-hybridized carbons (Fsp3) is 0.0769. The minimum absolute atomic E-state index is 0.474. The van der Waals surface area contributed by atoms with Crippen molar-refractivity contribution in [3.05, 3.63) is 51.5 Å². The van der Waals surface area contributed by atoms with Gasteiger partial charge in [0.05, 0.1) is 15.1 Å². The molecule has 0 N–H and O–H groups in total. The van der Waals surface area contributed by atoms with Gasteiger partial charge >= 0.3 is 0 Å². The van der Waals surface area contributed by atoms with Gasteiger partial charge in [-0.1, -0.05) is 53.0 Å². The topological polar surface area (TPSA) is 0 Å². The zero-order valence-corrected chi connectivity index (χ0v) is 12.1. The molecule has 2 rings (SSSR count). The largest absolute Gasteiger partial charge is 0.129 e. The maximum Gasteiger partial charge on any atom is 0.0607 e. The standard InChI is InChI=1S/C13H9Cl3S/c1-17-13-5-3-2-4-8(13)9-6-11(15)12(16)7-10(9)14/h2-7H,1H3. The monoisotopic (exact) mass is 302 g/mol. The smallest absolute Gasteiger partial charge is 0.0607 e. The highest BCUT2D eigenvalue weighted by Crippen LogP contribution is 2.38. The van der Waals surface area contributed by atoms with Crippen LogP contribution < -0.4 is 0 Å². The summed E-state index contributed by atoms with van der Waals surface area (Å²) in [5.41, 5.74) is 1.98. The quantitative estimate of drug-likeness (QED) is 0.482. The van der Waals surface area contributed by atoms with E-state index < -0.39 is 0 Å². The van der Waals surface area contributed by atoms with E-state index in [0.29, 0.717) is 15.1 Å². The second-order valence-electron chi connectivity index (χ2n) is 3.45. The highest BCUT2D eigenvalue weighted by Gasteiger charge is 2.10. The van der Waals surface area contributed by atoms with Crippen LogP contribution in [0.3, 0.4) is 0 Å². The van der Waals surface area contributed by atoms with Gasteiger partial charge in [0.25, 0.3) is 0 Å². The first-order valence-corrected chi connectivity index (χ1v) is 7.27. The van der Waals surface area contributed by atoms with E-state index >= 15 is 0 Å². The van der Waals surface area contributed by atoms with Crippen molar-refractivity contribution in [2.45, 2.75) is 4.90 Å². The highest BCUT2D eigenvalue weighted by atomic mass is 35.5. The molecule has 0 aliphatic heterocycles. The number of benzene rings is 2. The van der Waals surface area contributed by atoms with Crippen molar-refractivity contribution in [1.82, 2.24) is 0 Å². The Hall–Kier alpha value is -0.340. The molecule has 0 heterocycles. The molecule has 0 unspecified atom stereocenters. The number of rotatable bonds is 2. The number of hydrogen-bond donors (Lipinski definition) is 0. The summed E-state index contributed by atoms with van der Waals surface area (Å²) in [5.74, 6) is 0. The Morgan fingerprint density at radius 3 is 2.18 bits per heavy atom. The van der Waals surface area contributed by atoms with Gasteiger partial charge in [-0.15, -0.1) is 11.8 Å². The van der Waals surface area contributed by atoms with Crippen molar-refractivity contribution in [3.8, 4) is 11.1 Å². The second-order valence-corrected chi connectivity index (χ2v) is 5.52. The van der Waals surface area contributed by atoms with Gasteiger partial charge < -0.3 is 0 Å². The maximum absolute atomic E-state index is 6.21. The van der Waals surface area contributed by atoms with E-state index in [2.05, 4.69) is 6.07 Å². The van der Waals surface area contributed by atoms with Crippen LogP contribution in [0.1, 0.15) is 0 Å². The Bertz CT molecular complexity index is 552. The molecular weight excluding hydrogens is 295 g/mol. The van der Waals surface area contributed by atoms with E-state index in [1.165, 1.54) is 0 Å². The minimum Gasteiger partial charge on any atom is -0.129 e. The molecule has 0 spiro atoms. The van der Waals surface area contributed by atoms with Crippen molar-refractivity contribution in [2.24, 2.45) is 0 Å². The Balaban J connectivity index is 2.64. The van der Waals surface area contributed by atoms with Gasteiger partial charge in [-0.25, -0.2) is 0 Å². The lowest BCUT2D eigenvalue weighted by molar-refractivity contribution is 1.45. The first-order chi connectivity index (χ1) is 8.13. The highest BCUT2D eigenvalue weighted by molar-refractivity contribution is 7.98. The van der Waals surface area contributed by atoms with Gasteiger partial charge in [-0.2, -0.15) is 0 Å². The van der Waals surface area contributed by atoms with E-state index in [0.717, 1.165) is 16.0 Å². The van der Waals surface area contributed by atoms with E-state index in [9.17, 15) is 0 Å².